The fourth-order valence-electron chi connectivity index (χ4n) is 2.52. The van der Waals surface area contributed by atoms with Crippen molar-refractivity contribution in [3.63, 3.8) is 0 Å². The SMILES string of the molecule is O=C(Nc1nnc(-c2ccc(Cl)cc2)o1)c1ccccc1Oc1ccc(Cl)cc1. The highest BCUT2D eigenvalue weighted by atomic mass is 35.5. The Balaban J connectivity index is 1.52. The van der Waals surface area contributed by atoms with Crippen LogP contribution in [0.3, 0.4) is 0 Å². The van der Waals surface area contributed by atoms with Crippen molar-refractivity contribution in [3.8, 4) is 23.0 Å². The zero-order chi connectivity index (χ0) is 20.2. The number of rotatable bonds is 5. The fourth-order valence-corrected chi connectivity index (χ4v) is 2.77. The van der Waals surface area contributed by atoms with Crippen LogP contribution >= 0.6 is 23.2 Å². The molecular formula is C21H13Cl2N3O3. The second kappa shape index (κ2) is 8.34. The van der Waals surface area contributed by atoms with Gasteiger partial charge in [-0.1, -0.05) is 40.4 Å². The number of hydrogen-bond acceptors (Lipinski definition) is 5. The largest absolute Gasteiger partial charge is 0.457 e. The maximum Gasteiger partial charge on any atom is 0.322 e. The van der Waals surface area contributed by atoms with E-state index in [1.165, 1.54) is 0 Å². The maximum atomic E-state index is 12.7. The molecule has 0 spiro atoms. The van der Waals surface area contributed by atoms with Gasteiger partial charge in [0, 0.05) is 15.6 Å². The molecule has 1 N–H and O–H groups in total. The number of nitrogens with zero attached hydrogens (tertiary/aromatic N) is 2. The van der Waals surface area contributed by atoms with E-state index in [1.54, 1.807) is 72.8 Å². The van der Waals surface area contributed by atoms with Crippen LogP contribution in [0.2, 0.25) is 10.0 Å². The normalized spacial score (nSPS) is 10.6. The summed E-state index contributed by atoms with van der Waals surface area (Å²) in [4.78, 5) is 12.7. The van der Waals surface area contributed by atoms with Crippen LogP contribution in [0.15, 0.2) is 77.2 Å². The van der Waals surface area contributed by atoms with E-state index in [-0.39, 0.29) is 11.9 Å². The van der Waals surface area contributed by atoms with Crippen molar-refractivity contribution < 1.29 is 13.9 Å². The van der Waals surface area contributed by atoms with Gasteiger partial charge < -0.3 is 9.15 Å². The minimum absolute atomic E-state index is 0.0266. The Labute approximate surface area is 176 Å². The Hall–Kier alpha value is -3.35. The van der Waals surface area contributed by atoms with E-state index in [4.69, 9.17) is 32.4 Å². The van der Waals surface area contributed by atoms with Gasteiger partial charge in [0.05, 0.1) is 5.56 Å². The van der Waals surface area contributed by atoms with Gasteiger partial charge in [0.15, 0.2) is 0 Å². The summed E-state index contributed by atoms with van der Waals surface area (Å²) >= 11 is 11.8. The summed E-state index contributed by atoms with van der Waals surface area (Å²) in [5.41, 5.74) is 1.00. The van der Waals surface area contributed by atoms with Gasteiger partial charge in [0.1, 0.15) is 11.5 Å². The third kappa shape index (κ3) is 4.56. The van der Waals surface area contributed by atoms with Crippen molar-refractivity contribution in [2.75, 3.05) is 5.32 Å². The van der Waals surface area contributed by atoms with Crippen molar-refractivity contribution in [1.82, 2.24) is 10.2 Å². The number of amides is 1. The summed E-state index contributed by atoms with van der Waals surface area (Å²) in [5, 5.41) is 11.6. The maximum absolute atomic E-state index is 12.7. The van der Waals surface area contributed by atoms with Gasteiger partial charge in [-0.05, 0) is 60.7 Å². The van der Waals surface area contributed by atoms with Gasteiger partial charge in [-0.15, -0.1) is 5.10 Å². The Morgan fingerprint density at radius 1 is 0.862 bits per heavy atom. The van der Waals surface area contributed by atoms with E-state index in [2.05, 4.69) is 15.5 Å². The predicted molar refractivity (Wildman–Crippen MR) is 111 cm³/mol. The van der Waals surface area contributed by atoms with E-state index in [9.17, 15) is 4.79 Å². The van der Waals surface area contributed by atoms with Crippen LogP contribution in [-0.4, -0.2) is 16.1 Å². The quantitative estimate of drug-likeness (QED) is 0.418. The first kappa shape index (κ1) is 19.0. The summed E-state index contributed by atoms with van der Waals surface area (Å²) in [7, 11) is 0. The molecule has 0 aliphatic carbocycles. The van der Waals surface area contributed by atoms with Gasteiger partial charge in [0.25, 0.3) is 5.91 Å². The molecule has 144 valence electrons. The van der Waals surface area contributed by atoms with Crippen LogP contribution in [-0.2, 0) is 0 Å². The molecule has 0 saturated carbocycles. The Bertz CT molecular complexity index is 1140. The number of aromatic nitrogens is 2. The molecular weight excluding hydrogens is 413 g/mol. The highest BCUT2D eigenvalue weighted by molar-refractivity contribution is 6.30. The van der Waals surface area contributed by atoms with Gasteiger partial charge in [-0.25, -0.2) is 0 Å². The molecule has 0 aliphatic rings. The highest BCUT2D eigenvalue weighted by Gasteiger charge is 2.17. The lowest BCUT2D eigenvalue weighted by atomic mass is 10.2. The van der Waals surface area contributed by atoms with Crippen molar-refractivity contribution in [1.29, 1.82) is 0 Å². The monoisotopic (exact) mass is 425 g/mol. The average Bonchev–Trinajstić information content (AvgIpc) is 3.19. The standard InChI is InChI=1S/C21H13Cl2N3O3/c22-14-7-5-13(6-8-14)20-25-26-21(29-20)24-19(27)17-3-1-2-4-18(17)28-16-11-9-15(23)10-12-16/h1-12H,(H,24,26,27). The van der Waals surface area contributed by atoms with E-state index in [0.717, 1.165) is 0 Å². The van der Waals surface area contributed by atoms with Crippen LogP contribution in [0.1, 0.15) is 10.4 Å². The molecule has 1 amide bonds. The van der Waals surface area contributed by atoms with Gasteiger partial charge in [-0.3, -0.25) is 10.1 Å². The molecule has 0 saturated heterocycles. The zero-order valence-corrected chi connectivity index (χ0v) is 16.3. The molecule has 0 radical (unpaired) electrons. The van der Waals surface area contributed by atoms with Gasteiger partial charge >= 0.3 is 6.01 Å². The fraction of sp³-hybridized carbons (Fsp3) is 0. The molecule has 0 atom stereocenters. The molecule has 4 rings (SSSR count). The molecule has 0 bridgehead atoms. The summed E-state index contributed by atoms with van der Waals surface area (Å²) in [6.45, 7) is 0. The van der Waals surface area contributed by atoms with Crippen molar-refractivity contribution >= 4 is 35.1 Å². The number of anilines is 1. The molecule has 0 fully saturated rings. The smallest absolute Gasteiger partial charge is 0.322 e. The second-order valence-electron chi connectivity index (χ2n) is 5.93. The number of benzene rings is 3. The molecule has 4 aromatic rings. The van der Waals surface area contributed by atoms with Gasteiger partial charge in [0.2, 0.25) is 5.89 Å². The van der Waals surface area contributed by atoms with Crippen LogP contribution in [0.5, 0.6) is 11.5 Å². The van der Waals surface area contributed by atoms with E-state index in [1.807, 2.05) is 0 Å². The third-order valence-corrected chi connectivity index (χ3v) is 4.41. The average molecular weight is 426 g/mol. The molecule has 8 heteroatoms. The number of carbonyl (C=O) groups excluding carboxylic acids is 1. The first-order valence-electron chi connectivity index (χ1n) is 8.52. The minimum Gasteiger partial charge on any atom is -0.457 e. The highest BCUT2D eigenvalue weighted by Crippen LogP contribution is 2.27. The van der Waals surface area contributed by atoms with Crippen LogP contribution in [0.25, 0.3) is 11.5 Å². The van der Waals surface area contributed by atoms with Crippen LogP contribution < -0.4 is 10.1 Å². The zero-order valence-electron chi connectivity index (χ0n) is 14.8. The van der Waals surface area contributed by atoms with Crippen LogP contribution in [0, 0.1) is 0 Å². The molecule has 0 unspecified atom stereocenters. The number of para-hydroxylation sites is 1. The van der Waals surface area contributed by atoms with E-state index >= 15 is 0 Å². The number of ether oxygens (including phenoxy) is 1. The molecule has 6 nitrogen and oxygen atoms in total. The summed E-state index contributed by atoms with van der Waals surface area (Å²) in [5.74, 6) is 0.755. The summed E-state index contributed by atoms with van der Waals surface area (Å²) < 4.78 is 11.3. The first-order valence-corrected chi connectivity index (χ1v) is 9.27. The molecule has 29 heavy (non-hydrogen) atoms. The Kier molecular flexibility index (Phi) is 5.46. The summed E-state index contributed by atoms with van der Waals surface area (Å²) in [6.07, 6.45) is 0. The number of hydrogen-bond donors (Lipinski definition) is 1. The first-order chi connectivity index (χ1) is 14.1. The lowest BCUT2D eigenvalue weighted by Crippen LogP contribution is -2.13. The Morgan fingerprint density at radius 2 is 1.52 bits per heavy atom. The number of nitrogens with one attached hydrogen (secondary N) is 1. The van der Waals surface area contributed by atoms with E-state index < -0.39 is 5.91 Å². The van der Waals surface area contributed by atoms with Crippen molar-refractivity contribution in [2.45, 2.75) is 0 Å². The molecule has 0 aliphatic heterocycles. The lowest BCUT2D eigenvalue weighted by molar-refractivity contribution is 0.102. The topological polar surface area (TPSA) is 77.3 Å². The second-order valence-corrected chi connectivity index (χ2v) is 6.80. The summed E-state index contributed by atoms with van der Waals surface area (Å²) in [6, 6.07) is 20.6. The van der Waals surface area contributed by atoms with Gasteiger partial charge in [-0.2, -0.15) is 0 Å². The Morgan fingerprint density at radius 3 is 2.24 bits per heavy atom. The predicted octanol–water partition coefficient (Wildman–Crippen LogP) is 6.09. The van der Waals surface area contributed by atoms with Crippen molar-refractivity contribution in [3.05, 3.63) is 88.4 Å². The van der Waals surface area contributed by atoms with Crippen molar-refractivity contribution in [2.24, 2.45) is 0 Å². The molecule has 1 heterocycles. The molecule has 1 aromatic heterocycles. The third-order valence-electron chi connectivity index (χ3n) is 3.91. The number of carbonyl (C=O) groups is 1. The number of halogens is 2. The minimum atomic E-state index is -0.444. The van der Waals surface area contributed by atoms with Crippen LogP contribution in [0.4, 0.5) is 6.01 Å². The molecule has 3 aromatic carbocycles. The van der Waals surface area contributed by atoms with E-state index in [0.29, 0.717) is 32.7 Å². The lowest BCUT2D eigenvalue weighted by Gasteiger charge is -2.10.